The maximum atomic E-state index is 13.2. The number of carbonyl (C=O) groups excluding carboxylic acids is 1. The molecule has 4 rings (SSSR count). The average Bonchev–Trinajstić information content (AvgIpc) is 3.30. The molecule has 35 heavy (non-hydrogen) atoms. The summed E-state index contributed by atoms with van der Waals surface area (Å²) < 4.78 is 25.7. The molecule has 0 bridgehead atoms. The second kappa shape index (κ2) is 10.2. The highest BCUT2D eigenvalue weighted by Gasteiger charge is 2.41. The topological polar surface area (TPSA) is 107 Å². The van der Waals surface area contributed by atoms with E-state index in [9.17, 15) is 19.1 Å². The molecule has 9 nitrogen and oxygen atoms in total. The lowest BCUT2D eigenvalue weighted by molar-refractivity contribution is 0.00290. The van der Waals surface area contributed by atoms with Crippen LogP contribution >= 0.6 is 11.3 Å². The Morgan fingerprint density at radius 3 is 2.63 bits per heavy atom. The van der Waals surface area contributed by atoms with Gasteiger partial charge < -0.3 is 24.0 Å². The van der Waals surface area contributed by atoms with Crippen molar-refractivity contribution >= 4 is 17.2 Å². The van der Waals surface area contributed by atoms with Crippen LogP contribution in [0.5, 0.6) is 5.75 Å². The van der Waals surface area contributed by atoms with Crippen molar-refractivity contribution in [1.29, 1.82) is 0 Å². The molecular weight excluding hydrogens is 475 g/mol. The molecule has 1 N–H and O–H groups in total. The number of likely N-dealkylation sites (N-methyl/N-ethyl adjacent to an activating group) is 1. The Kier molecular flexibility index (Phi) is 7.29. The van der Waals surface area contributed by atoms with Crippen molar-refractivity contribution in [3.63, 3.8) is 0 Å². The van der Waals surface area contributed by atoms with E-state index in [1.54, 1.807) is 34.9 Å². The van der Waals surface area contributed by atoms with Gasteiger partial charge in [0.05, 0.1) is 30.9 Å². The van der Waals surface area contributed by atoms with E-state index in [2.05, 4.69) is 10.2 Å². The van der Waals surface area contributed by atoms with E-state index in [1.165, 1.54) is 23.5 Å². The zero-order valence-corrected chi connectivity index (χ0v) is 20.6. The summed E-state index contributed by atoms with van der Waals surface area (Å²) in [6.07, 6.45) is 1.98. The van der Waals surface area contributed by atoms with Gasteiger partial charge in [-0.15, -0.1) is 10.2 Å². The molecule has 11 heteroatoms. The van der Waals surface area contributed by atoms with E-state index in [0.717, 1.165) is 5.56 Å². The summed E-state index contributed by atoms with van der Waals surface area (Å²) in [6.45, 7) is 5.53. The number of ether oxygens (including phenoxy) is 2. The van der Waals surface area contributed by atoms with E-state index in [0.29, 0.717) is 42.7 Å². The number of rotatable bonds is 9. The Morgan fingerprint density at radius 1 is 1.20 bits per heavy atom. The van der Waals surface area contributed by atoms with E-state index >= 15 is 0 Å². The van der Waals surface area contributed by atoms with Gasteiger partial charge in [-0.2, -0.15) is 0 Å². The summed E-state index contributed by atoms with van der Waals surface area (Å²) in [5, 5.41) is 20.1. The molecule has 0 saturated heterocycles. The van der Waals surface area contributed by atoms with Gasteiger partial charge >= 0.3 is 0 Å². The van der Waals surface area contributed by atoms with Crippen molar-refractivity contribution < 1.29 is 23.8 Å². The number of methoxy groups -OCH3 is 1. The molecule has 1 aliphatic rings. The van der Waals surface area contributed by atoms with Crippen LogP contribution in [0.1, 0.15) is 34.9 Å². The standard InChI is InChI=1S/C24H27FN4O5S/c1-4-28-13-24(2,14-34-10-9-33-3)29-12-17(20(30)21(31)19(29)23(28)32)22-27-26-18(35-22)11-15-5-7-16(25)8-6-15/h5-8,12,31H,4,9-11,13-14H2,1-3H3/t24-/m1/s1. The highest BCUT2D eigenvalue weighted by Crippen LogP contribution is 2.33. The first-order valence-electron chi connectivity index (χ1n) is 11.2. The van der Waals surface area contributed by atoms with E-state index in [4.69, 9.17) is 9.47 Å². The van der Waals surface area contributed by atoms with Gasteiger partial charge in [0.1, 0.15) is 10.8 Å². The predicted molar refractivity (Wildman–Crippen MR) is 128 cm³/mol. The molecule has 0 spiro atoms. The van der Waals surface area contributed by atoms with Gasteiger partial charge in [0, 0.05) is 32.8 Å². The summed E-state index contributed by atoms with van der Waals surface area (Å²) in [5.74, 6) is -1.36. The fourth-order valence-corrected chi connectivity index (χ4v) is 4.99. The normalized spacial score (nSPS) is 17.6. The van der Waals surface area contributed by atoms with Crippen LogP contribution in [0.4, 0.5) is 4.39 Å². The minimum Gasteiger partial charge on any atom is -0.503 e. The molecule has 0 aliphatic carbocycles. The second-order valence-corrected chi connectivity index (χ2v) is 9.67. The third-order valence-electron chi connectivity index (χ3n) is 5.98. The zero-order valence-electron chi connectivity index (χ0n) is 19.8. The summed E-state index contributed by atoms with van der Waals surface area (Å²) in [6, 6.07) is 6.07. The van der Waals surface area contributed by atoms with Crippen LogP contribution in [-0.4, -0.2) is 70.7 Å². The molecule has 3 aromatic rings. The molecule has 0 saturated carbocycles. The minimum atomic E-state index is -0.742. The predicted octanol–water partition coefficient (Wildman–Crippen LogP) is 2.66. The molecule has 186 valence electrons. The molecule has 0 fully saturated rings. The number of fused-ring (bicyclic) bond motifs is 1. The number of aromatic hydroxyl groups is 1. The van der Waals surface area contributed by atoms with Crippen molar-refractivity contribution in [3.8, 4) is 16.3 Å². The second-order valence-electron chi connectivity index (χ2n) is 8.60. The number of nitrogens with zero attached hydrogens (tertiary/aromatic N) is 4. The Bertz CT molecular complexity index is 1280. The highest BCUT2D eigenvalue weighted by molar-refractivity contribution is 7.14. The maximum absolute atomic E-state index is 13.2. The van der Waals surface area contributed by atoms with Crippen molar-refractivity contribution in [2.45, 2.75) is 25.8 Å². The smallest absolute Gasteiger partial charge is 0.274 e. The van der Waals surface area contributed by atoms with Gasteiger partial charge in [0.2, 0.25) is 5.43 Å². The lowest BCUT2D eigenvalue weighted by atomic mass is 9.96. The largest absolute Gasteiger partial charge is 0.503 e. The van der Waals surface area contributed by atoms with Crippen LogP contribution in [0.15, 0.2) is 35.3 Å². The minimum absolute atomic E-state index is 0.0688. The monoisotopic (exact) mass is 502 g/mol. The number of aromatic nitrogens is 3. The third-order valence-corrected chi connectivity index (χ3v) is 6.93. The summed E-state index contributed by atoms with van der Waals surface area (Å²) in [5.41, 5.74) is -0.496. The molecule has 1 aliphatic heterocycles. The van der Waals surface area contributed by atoms with E-state index in [1.807, 2.05) is 13.8 Å². The van der Waals surface area contributed by atoms with Gasteiger partial charge in [-0.1, -0.05) is 23.5 Å². The summed E-state index contributed by atoms with van der Waals surface area (Å²) in [4.78, 5) is 27.8. The van der Waals surface area contributed by atoms with Crippen molar-refractivity contribution in [3.05, 3.63) is 62.8 Å². The van der Waals surface area contributed by atoms with Crippen molar-refractivity contribution in [2.75, 3.05) is 40.0 Å². The number of carbonyl (C=O) groups is 1. The first-order valence-corrected chi connectivity index (χ1v) is 12.0. The number of hydrogen-bond donors (Lipinski definition) is 1. The first-order chi connectivity index (χ1) is 16.8. The molecule has 1 atom stereocenters. The summed E-state index contributed by atoms with van der Waals surface area (Å²) in [7, 11) is 1.58. The number of benzene rings is 1. The van der Waals surface area contributed by atoms with Crippen LogP contribution in [-0.2, 0) is 21.4 Å². The lowest BCUT2D eigenvalue weighted by Gasteiger charge is -2.43. The molecule has 0 unspecified atom stereocenters. The quantitative estimate of drug-likeness (QED) is 0.449. The Labute approximate surface area is 205 Å². The third kappa shape index (κ3) is 4.97. The van der Waals surface area contributed by atoms with Gasteiger partial charge in [-0.05, 0) is 31.5 Å². The number of hydrogen-bond acceptors (Lipinski definition) is 8. The molecule has 0 radical (unpaired) electrons. The fraction of sp³-hybridized carbons (Fsp3) is 0.417. The number of pyridine rings is 1. The Hall–Kier alpha value is -3.15. The average molecular weight is 503 g/mol. The van der Waals surface area contributed by atoms with Crippen LogP contribution in [0.3, 0.4) is 0 Å². The Balaban J connectivity index is 1.73. The Morgan fingerprint density at radius 2 is 1.94 bits per heavy atom. The van der Waals surface area contributed by atoms with Gasteiger partial charge in [0.25, 0.3) is 5.91 Å². The highest BCUT2D eigenvalue weighted by atomic mass is 32.1. The molecule has 3 heterocycles. The number of amides is 1. The summed E-state index contributed by atoms with van der Waals surface area (Å²) >= 11 is 1.21. The molecular formula is C24H27FN4O5S. The van der Waals surface area contributed by atoms with Crippen LogP contribution in [0.2, 0.25) is 0 Å². The molecule has 1 aromatic carbocycles. The SMILES string of the molecule is CCN1C[C@](C)(COCCOC)n2cc(-c3nnc(Cc4ccc(F)cc4)s3)c(=O)c(O)c2C1=O. The van der Waals surface area contributed by atoms with Crippen molar-refractivity contribution in [2.24, 2.45) is 0 Å². The van der Waals surface area contributed by atoms with Gasteiger partial charge in [-0.25, -0.2) is 4.39 Å². The van der Waals surface area contributed by atoms with E-state index < -0.39 is 22.6 Å². The molecule has 2 aromatic heterocycles. The lowest BCUT2D eigenvalue weighted by Crippen LogP contribution is -2.55. The van der Waals surface area contributed by atoms with Gasteiger partial charge in [-0.3, -0.25) is 9.59 Å². The van der Waals surface area contributed by atoms with E-state index in [-0.39, 0.29) is 23.7 Å². The number of halogens is 1. The van der Waals surface area contributed by atoms with Gasteiger partial charge in [0.15, 0.2) is 16.5 Å². The molecule has 1 amide bonds. The zero-order chi connectivity index (χ0) is 25.2. The van der Waals surface area contributed by atoms with Crippen LogP contribution in [0, 0.1) is 5.82 Å². The van der Waals surface area contributed by atoms with Crippen molar-refractivity contribution in [1.82, 2.24) is 19.7 Å². The van der Waals surface area contributed by atoms with Crippen LogP contribution < -0.4 is 5.43 Å². The van der Waals surface area contributed by atoms with Crippen LogP contribution in [0.25, 0.3) is 10.6 Å². The first kappa shape index (κ1) is 25.0. The maximum Gasteiger partial charge on any atom is 0.274 e. The fourth-order valence-electron chi connectivity index (χ4n) is 4.11.